The normalized spacial score (nSPS) is 10.6. The Labute approximate surface area is 183 Å². The number of nitrogens with zero attached hydrogens (tertiary/aromatic N) is 5. The van der Waals surface area contributed by atoms with Crippen LogP contribution in [0.1, 0.15) is 17.3 Å². The van der Waals surface area contributed by atoms with E-state index < -0.39 is 5.91 Å². The molecule has 0 atom stereocenters. The van der Waals surface area contributed by atoms with E-state index in [4.69, 9.17) is 15.2 Å². The number of aromatic nitrogens is 4. The predicted molar refractivity (Wildman–Crippen MR) is 117 cm³/mol. The first kappa shape index (κ1) is 22.5. The van der Waals surface area contributed by atoms with Crippen molar-refractivity contribution in [2.24, 2.45) is 0 Å². The quantitative estimate of drug-likeness (QED) is 0.534. The fourth-order valence-electron chi connectivity index (χ4n) is 2.84. The molecule has 168 valence electrons. The highest BCUT2D eigenvalue weighted by molar-refractivity contribution is 6.03. The lowest BCUT2D eigenvalue weighted by Gasteiger charge is -2.16. The van der Waals surface area contributed by atoms with Gasteiger partial charge in [0.25, 0.3) is 17.4 Å². The summed E-state index contributed by atoms with van der Waals surface area (Å²) in [7, 11) is 4.62. The van der Waals surface area contributed by atoms with E-state index in [9.17, 15) is 14.4 Å². The van der Waals surface area contributed by atoms with E-state index in [2.05, 4.69) is 20.3 Å². The van der Waals surface area contributed by atoms with Gasteiger partial charge in [-0.05, 0) is 19.1 Å². The van der Waals surface area contributed by atoms with Gasteiger partial charge in [-0.15, -0.1) is 0 Å². The molecule has 0 aliphatic carbocycles. The summed E-state index contributed by atoms with van der Waals surface area (Å²) in [5.41, 5.74) is 5.40. The fourth-order valence-corrected chi connectivity index (χ4v) is 2.84. The van der Waals surface area contributed by atoms with Crippen LogP contribution in [0.15, 0.2) is 29.3 Å². The number of nitrogens with one attached hydrogen (secondary N) is 1. The summed E-state index contributed by atoms with van der Waals surface area (Å²) in [5.74, 6) is -0.379. The maximum absolute atomic E-state index is 13.1. The number of likely N-dealkylation sites (N-methyl/N-ethyl adjacent to an activating group) is 1. The number of anilines is 2. The second kappa shape index (κ2) is 9.29. The molecule has 1 aromatic carbocycles. The number of ether oxygens (including phenoxy) is 2. The molecule has 12 heteroatoms. The zero-order chi connectivity index (χ0) is 23.4. The second-order valence-corrected chi connectivity index (χ2v) is 6.84. The molecule has 32 heavy (non-hydrogen) atoms. The Kier molecular flexibility index (Phi) is 6.52. The number of methoxy groups -OCH3 is 1. The van der Waals surface area contributed by atoms with Gasteiger partial charge in [0.2, 0.25) is 11.9 Å². The summed E-state index contributed by atoms with van der Waals surface area (Å²) < 4.78 is 12.3. The van der Waals surface area contributed by atoms with E-state index in [1.54, 1.807) is 21.0 Å². The van der Waals surface area contributed by atoms with Crippen LogP contribution in [0.5, 0.6) is 11.5 Å². The minimum atomic E-state index is -0.568. The van der Waals surface area contributed by atoms with Gasteiger partial charge in [-0.3, -0.25) is 24.3 Å². The van der Waals surface area contributed by atoms with Crippen LogP contribution in [-0.2, 0) is 11.3 Å². The fraction of sp³-hybridized carbons (Fsp3) is 0.300. The first-order valence-electron chi connectivity index (χ1n) is 9.60. The molecule has 2 aromatic heterocycles. The molecule has 0 aliphatic rings. The van der Waals surface area contributed by atoms with E-state index >= 15 is 0 Å². The Balaban J connectivity index is 2.06. The minimum Gasteiger partial charge on any atom is -0.491 e. The first-order chi connectivity index (χ1) is 15.3. The van der Waals surface area contributed by atoms with Gasteiger partial charge in [0.1, 0.15) is 5.52 Å². The Morgan fingerprint density at radius 3 is 2.50 bits per heavy atom. The number of benzene rings is 1. The summed E-state index contributed by atoms with van der Waals surface area (Å²) in [6, 6.07) is 3.07. The number of hydrogen-bond donors (Lipinski definition) is 2. The van der Waals surface area contributed by atoms with Crippen LogP contribution in [-0.4, -0.2) is 64.0 Å². The Bertz CT molecular complexity index is 1220. The largest absolute Gasteiger partial charge is 0.491 e. The Morgan fingerprint density at radius 2 is 1.91 bits per heavy atom. The van der Waals surface area contributed by atoms with Crippen molar-refractivity contribution in [2.45, 2.75) is 13.5 Å². The van der Waals surface area contributed by atoms with Gasteiger partial charge in [-0.1, -0.05) is 0 Å². The summed E-state index contributed by atoms with van der Waals surface area (Å²) >= 11 is 0. The zero-order valence-corrected chi connectivity index (χ0v) is 18.1. The molecule has 0 unspecified atom stereocenters. The van der Waals surface area contributed by atoms with Gasteiger partial charge >= 0.3 is 0 Å². The molecule has 3 N–H and O–H groups in total. The molecule has 0 radical (unpaired) electrons. The monoisotopic (exact) mass is 441 g/mol. The molecule has 0 saturated heterocycles. The van der Waals surface area contributed by atoms with Crippen molar-refractivity contribution in [3.05, 3.63) is 40.4 Å². The third-order valence-corrected chi connectivity index (χ3v) is 4.57. The molecular formula is C20H23N7O5. The SMILES string of the molecule is CCn1c(NC(=O)c2cnc(N)nc2)nc2c(OC)c(OCC(=O)N(C)C)ccc2c1=O. The number of rotatable bonds is 7. The van der Waals surface area contributed by atoms with Crippen molar-refractivity contribution in [1.82, 2.24) is 24.4 Å². The third-order valence-electron chi connectivity index (χ3n) is 4.57. The lowest BCUT2D eigenvalue weighted by Crippen LogP contribution is -2.28. The van der Waals surface area contributed by atoms with E-state index in [-0.39, 0.29) is 64.5 Å². The lowest BCUT2D eigenvalue weighted by molar-refractivity contribution is -0.130. The van der Waals surface area contributed by atoms with Crippen LogP contribution in [0.2, 0.25) is 0 Å². The summed E-state index contributed by atoms with van der Waals surface area (Å²) in [6.45, 7) is 1.79. The van der Waals surface area contributed by atoms with Gasteiger partial charge in [0.05, 0.1) is 18.1 Å². The second-order valence-electron chi connectivity index (χ2n) is 6.84. The number of nitrogens with two attached hydrogens (primary N) is 1. The van der Waals surface area contributed by atoms with Crippen LogP contribution in [0, 0.1) is 0 Å². The molecule has 0 spiro atoms. The van der Waals surface area contributed by atoms with Gasteiger partial charge < -0.3 is 20.1 Å². The standard InChI is InChI=1S/C20H23N7O5/c1-5-27-18(30)12-6-7-13(32-10-14(28)26(2)3)16(31-4)15(12)24-20(27)25-17(29)11-8-22-19(21)23-9-11/h6-9H,5,10H2,1-4H3,(H2,21,22,23)(H,24,25,29). The van der Waals surface area contributed by atoms with Gasteiger partial charge in [0.15, 0.2) is 18.1 Å². The molecule has 0 saturated carbocycles. The van der Waals surface area contributed by atoms with Crippen molar-refractivity contribution in [1.29, 1.82) is 0 Å². The highest BCUT2D eigenvalue weighted by Crippen LogP contribution is 2.34. The van der Waals surface area contributed by atoms with E-state index in [1.807, 2.05) is 0 Å². The molecule has 0 fully saturated rings. The zero-order valence-electron chi connectivity index (χ0n) is 18.1. The highest BCUT2D eigenvalue weighted by atomic mass is 16.5. The summed E-state index contributed by atoms with van der Waals surface area (Å²) in [5, 5.41) is 2.87. The molecule has 2 amide bonds. The van der Waals surface area contributed by atoms with Crippen molar-refractivity contribution in [3.63, 3.8) is 0 Å². The van der Waals surface area contributed by atoms with Crippen molar-refractivity contribution in [2.75, 3.05) is 38.9 Å². The number of fused-ring (bicyclic) bond motifs is 1. The van der Waals surface area contributed by atoms with Gasteiger partial charge in [0, 0.05) is 33.0 Å². The molecule has 3 aromatic rings. The van der Waals surface area contributed by atoms with Crippen LogP contribution in [0.25, 0.3) is 10.9 Å². The number of nitrogen functional groups attached to an aromatic ring is 1. The Morgan fingerprint density at radius 1 is 1.22 bits per heavy atom. The first-order valence-corrected chi connectivity index (χ1v) is 9.60. The maximum Gasteiger partial charge on any atom is 0.262 e. The lowest BCUT2D eigenvalue weighted by atomic mass is 10.2. The average Bonchev–Trinajstić information content (AvgIpc) is 2.77. The van der Waals surface area contributed by atoms with Crippen LogP contribution < -0.4 is 26.1 Å². The van der Waals surface area contributed by atoms with E-state index in [1.165, 1.54) is 41.1 Å². The van der Waals surface area contributed by atoms with E-state index in [0.29, 0.717) is 0 Å². The van der Waals surface area contributed by atoms with Crippen molar-refractivity contribution >= 4 is 34.6 Å². The van der Waals surface area contributed by atoms with Crippen LogP contribution in [0.4, 0.5) is 11.9 Å². The predicted octanol–water partition coefficient (Wildman–Crippen LogP) is 0.517. The minimum absolute atomic E-state index is 0.00615. The molecule has 3 rings (SSSR count). The topological polar surface area (TPSA) is 155 Å². The van der Waals surface area contributed by atoms with Crippen molar-refractivity contribution in [3.8, 4) is 11.5 Å². The Hall–Kier alpha value is -4.22. The number of hydrogen-bond acceptors (Lipinski definition) is 9. The van der Waals surface area contributed by atoms with Gasteiger partial charge in [-0.2, -0.15) is 0 Å². The van der Waals surface area contributed by atoms with E-state index in [0.717, 1.165) is 0 Å². The number of amides is 2. The molecule has 12 nitrogen and oxygen atoms in total. The highest BCUT2D eigenvalue weighted by Gasteiger charge is 2.20. The summed E-state index contributed by atoms with van der Waals surface area (Å²) in [6.07, 6.45) is 2.53. The summed E-state index contributed by atoms with van der Waals surface area (Å²) in [4.78, 5) is 51.0. The number of carbonyl (C=O) groups is 2. The van der Waals surface area contributed by atoms with Gasteiger partial charge in [-0.25, -0.2) is 15.0 Å². The molecule has 0 bridgehead atoms. The maximum atomic E-state index is 13.1. The third kappa shape index (κ3) is 4.43. The van der Waals surface area contributed by atoms with Crippen LogP contribution >= 0.6 is 0 Å². The molecule has 2 heterocycles. The molecule has 0 aliphatic heterocycles. The average molecular weight is 441 g/mol. The van der Waals surface area contributed by atoms with Crippen LogP contribution in [0.3, 0.4) is 0 Å². The van der Waals surface area contributed by atoms with Crippen molar-refractivity contribution < 1.29 is 19.1 Å². The smallest absolute Gasteiger partial charge is 0.262 e. The number of carbonyl (C=O) groups excluding carboxylic acids is 2. The molecular weight excluding hydrogens is 418 g/mol.